The molecule has 1 heterocycles. The van der Waals surface area contributed by atoms with E-state index in [2.05, 4.69) is 20.9 Å². The van der Waals surface area contributed by atoms with Crippen molar-refractivity contribution in [1.82, 2.24) is 8.87 Å². The van der Waals surface area contributed by atoms with Crippen molar-refractivity contribution in [1.29, 1.82) is 0 Å². The fraction of sp³-hybridized carbons (Fsp3) is 0.286. The molecule has 3 rings (SSSR count). The Morgan fingerprint density at radius 1 is 1.12 bits per heavy atom. The summed E-state index contributed by atoms with van der Waals surface area (Å²) in [5, 5.41) is 0. The minimum atomic E-state index is -3.61. The number of ether oxygens (including phenoxy) is 1. The normalized spacial score (nSPS) is 12.5. The molecule has 1 aromatic heterocycles. The monoisotopic (exact) mass is 539 g/mol. The highest BCUT2D eigenvalue weighted by Gasteiger charge is 2.21. The summed E-state index contributed by atoms with van der Waals surface area (Å²) in [6.07, 6.45) is 0. The second-order valence-corrected chi connectivity index (χ2v) is 10.6. The third-order valence-corrected chi connectivity index (χ3v) is 8.40. The number of sulfonamides is 1. The van der Waals surface area contributed by atoms with Crippen molar-refractivity contribution in [3.63, 3.8) is 0 Å². The number of halogens is 1. The van der Waals surface area contributed by atoms with Crippen LogP contribution in [0.1, 0.15) is 24.2 Å². The van der Waals surface area contributed by atoms with Crippen molar-refractivity contribution in [2.75, 3.05) is 20.2 Å². The zero-order chi connectivity index (χ0) is 23.5. The molecule has 170 valence electrons. The van der Waals surface area contributed by atoms with Crippen LogP contribution in [0.3, 0.4) is 0 Å². The topological polar surface area (TPSA) is 98.0 Å². The van der Waals surface area contributed by atoms with Crippen LogP contribution in [0, 0.1) is 0 Å². The molecular weight excluding hydrogens is 518 g/mol. The molecule has 0 radical (unpaired) electrons. The van der Waals surface area contributed by atoms with Crippen molar-refractivity contribution >= 4 is 59.4 Å². The summed E-state index contributed by atoms with van der Waals surface area (Å²) in [6.45, 7) is 4.16. The summed E-state index contributed by atoms with van der Waals surface area (Å²) >= 11 is 4.68. The van der Waals surface area contributed by atoms with Crippen molar-refractivity contribution < 1.29 is 22.7 Å². The molecule has 3 aromatic rings. The maximum Gasteiger partial charge on any atom is 0.325 e. The summed E-state index contributed by atoms with van der Waals surface area (Å²) in [5.74, 6) is -1.01. The summed E-state index contributed by atoms with van der Waals surface area (Å²) < 4.78 is 34.7. The quantitative estimate of drug-likeness (QED) is 0.428. The molecule has 0 N–H and O–H groups in total. The molecule has 11 heteroatoms. The van der Waals surface area contributed by atoms with Gasteiger partial charge in [-0.3, -0.25) is 9.59 Å². The number of carbonyl (C=O) groups is 2. The lowest BCUT2D eigenvalue weighted by molar-refractivity contribution is -0.141. The van der Waals surface area contributed by atoms with E-state index in [1.807, 2.05) is 18.2 Å². The molecule has 0 atom stereocenters. The van der Waals surface area contributed by atoms with Gasteiger partial charge < -0.3 is 9.30 Å². The van der Waals surface area contributed by atoms with Gasteiger partial charge in [0.2, 0.25) is 10.0 Å². The van der Waals surface area contributed by atoms with Crippen LogP contribution in [0.2, 0.25) is 0 Å². The number of nitrogens with zero attached hydrogens (tertiary/aromatic N) is 3. The van der Waals surface area contributed by atoms with E-state index < -0.39 is 21.9 Å². The van der Waals surface area contributed by atoms with Gasteiger partial charge in [0.25, 0.3) is 5.91 Å². The van der Waals surface area contributed by atoms with Gasteiger partial charge in [-0.2, -0.15) is 9.30 Å². The summed E-state index contributed by atoms with van der Waals surface area (Å²) in [5.41, 5.74) is 0.988. The largest absolute Gasteiger partial charge is 0.468 e. The molecule has 0 bridgehead atoms. The van der Waals surface area contributed by atoms with Crippen molar-refractivity contribution in [2.45, 2.75) is 25.3 Å². The van der Waals surface area contributed by atoms with E-state index in [0.717, 1.165) is 14.7 Å². The number of hydrogen-bond acceptors (Lipinski definition) is 6. The molecule has 0 saturated carbocycles. The fourth-order valence-electron chi connectivity index (χ4n) is 3.11. The first kappa shape index (κ1) is 24.3. The van der Waals surface area contributed by atoms with E-state index in [1.165, 1.54) is 47.0 Å². The summed E-state index contributed by atoms with van der Waals surface area (Å²) in [7, 11) is -2.32. The van der Waals surface area contributed by atoms with E-state index in [-0.39, 0.29) is 17.0 Å². The van der Waals surface area contributed by atoms with Gasteiger partial charge in [-0.25, -0.2) is 8.42 Å². The molecule has 0 spiro atoms. The van der Waals surface area contributed by atoms with Crippen LogP contribution in [0.15, 0.2) is 56.8 Å². The number of esters is 1. The van der Waals surface area contributed by atoms with Gasteiger partial charge in [-0.05, 0) is 42.5 Å². The predicted molar refractivity (Wildman–Crippen MR) is 126 cm³/mol. The number of fused-ring (bicyclic) bond motifs is 1. The minimum Gasteiger partial charge on any atom is -0.468 e. The van der Waals surface area contributed by atoms with Crippen LogP contribution in [0.25, 0.3) is 10.2 Å². The van der Waals surface area contributed by atoms with Gasteiger partial charge in [-0.15, -0.1) is 0 Å². The van der Waals surface area contributed by atoms with Crippen LogP contribution < -0.4 is 4.80 Å². The van der Waals surface area contributed by atoms with E-state index in [1.54, 1.807) is 18.4 Å². The fourth-order valence-corrected chi connectivity index (χ4v) is 6.15. The predicted octanol–water partition coefficient (Wildman–Crippen LogP) is 3.41. The van der Waals surface area contributed by atoms with Gasteiger partial charge >= 0.3 is 5.97 Å². The van der Waals surface area contributed by atoms with Crippen LogP contribution in [-0.4, -0.2) is 49.4 Å². The number of rotatable bonds is 7. The van der Waals surface area contributed by atoms with Gasteiger partial charge in [-0.1, -0.05) is 41.1 Å². The first-order valence-corrected chi connectivity index (χ1v) is 12.8. The maximum absolute atomic E-state index is 12.8. The van der Waals surface area contributed by atoms with Crippen molar-refractivity contribution in [3.8, 4) is 0 Å². The zero-order valence-corrected chi connectivity index (χ0v) is 21.0. The average Bonchev–Trinajstić information content (AvgIpc) is 3.10. The van der Waals surface area contributed by atoms with Crippen molar-refractivity contribution in [3.05, 3.63) is 57.3 Å². The Morgan fingerprint density at radius 3 is 2.38 bits per heavy atom. The molecule has 0 aliphatic rings. The smallest absolute Gasteiger partial charge is 0.325 e. The molecule has 0 aliphatic heterocycles. The molecule has 0 unspecified atom stereocenters. The third-order valence-electron chi connectivity index (χ3n) is 4.80. The SMILES string of the molecule is CCN(CC)S(=O)(=O)c1ccc(C(=O)N=c2sc3cc(Br)ccc3n2CC(=O)OC)cc1. The Kier molecular flexibility index (Phi) is 7.65. The third kappa shape index (κ3) is 5.01. The highest BCUT2D eigenvalue weighted by Crippen LogP contribution is 2.22. The average molecular weight is 540 g/mol. The lowest BCUT2D eigenvalue weighted by Crippen LogP contribution is -2.30. The number of aromatic nitrogens is 1. The van der Waals surface area contributed by atoms with E-state index in [9.17, 15) is 18.0 Å². The highest BCUT2D eigenvalue weighted by molar-refractivity contribution is 9.10. The van der Waals surface area contributed by atoms with Crippen LogP contribution >= 0.6 is 27.3 Å². The lowest BCUT2D eigenvalue weighted by Gasteiger charge is -2.18. The van der Waals surface area contributed by atoms with Gasteiger partial charge in [0, 0.05) is 23.1 Å². The second-order valence-electron chi connectivity index (χ2n) is 6.69. The molecule has 0 fully saturated rings. The van der Waals surface area contributed by atoms with Gasteiger partial charge in [0.05, 0.1) is 22.2 Å². The lowest BCUT2D eigenvalue weighted by atomic mass is 10.2. The number of benzene rings is 2. The Balaban J connectivity index is 2.01. The number of amides is 1. The van der Waals surface area contributed by atoms with E-state index in [0.29, 0.717) is 17.9 Å². The molecule has 8 nitrogen and oxygen atoms in total. The summed E-state index contributed by atoms with van der Waals surface area (Å²) in [6, 6.07) is 11.2. The first-order valence-electron chi connectivity index (χ1n) is 9.76. The number of methoxy groups -OCH3 is 1. The molecule has 2 aromatic carbocycles. The Morgan fingerprint density at radius 2 is 1.78 bits per heavy atom. The standard InChI is InChI=1S/C21H22BrN3O5S2/c1-4-24(5-2)32(28,29)16-9-6-14(7-10-16)20(27)23-21-25(13-19(26)30-3)17-11-8-15(22)12-18(17)31-21/h6-12H,4-5,13H2,1-3H3. The number of hydrogen-bond donors (Lipinski definition) is 0. The summed E-state index contributed by atoms with van der Waals surface area (Å²) in [4.78, 5) is 29.4. The van der Waals surface area contributed by atoms with E-state index >= 15 is 0 Å². The second kappa shape index (κ2) is 10.1. The number of carbonyl (C=O) groups excluding carboxylic acids is 2. The first-order chi connectivity index (χ1) is 15.2. The van der Waals surface area contributed by atoms with Gasteiger partial charge in [0.15, 0.2) is 4.80 Å². The van der Waals surface area contributed by atoms with Crippen molar-refractivity contribution in [2.24, 2.45) is 4.99 Å². The van der Waals surface area contributed by atoms with Crippen LogP contribution in [0.5, 0.6) is 0 Å². The van der Waals surface area contributed by atoms with Crippen LogP contribution in [0.4, 0.5) is 0 Å². The molecule has 1 amide bonds. The Bertz CT molecular complexity index is 1320. The maximum atomic E-state index is 12.8. The Hall–Kier alpha value is -2.34. The molecule has 0 aliphatic carbocycles. The molecule has 0 saturated heterocycles. The zero-order valence-electron chi connectivity index (χ0n) is 17.7. The van der Waals surface area contributed by atoms with Gasteiger partial charge in [0.1, 0.15) is 6.54 Å². The minimum absolute atomic E-state index is 0.0920. The molecule has 32 heavy (non-hydrogen) atoms. The highest BCUT2D eigenvalue weighted by atomic mass is 79.9. The number of thiazole rings is 1. The Labute approximate surface area is 198 Å². The van der Waals surface area contributed by atoms with Crippen LogP contribution in [-0.2, 0) is 26.1 Å². The van der Waals surface area contributed by atoms with E-state index in [4.69, 9.17) is 4.74 Å². The molecular formula is C21H22BrN3O5S2.